The third-order valence-corrected chi connectivity index (χ3v) is 4.11. The van der Waals surface area contributed by atoms with Gasteiger partial charge in [0, 0.05) is 18.5 Å². The van der Waals surface area contributed by atoms with Gasteiger partial charge in [0.05, 0.1) is 17.1 Å². The normalized spacial score (nSPS) is 19.9. The van der Waals surface area contributed by atoms with Crippen LogP contribution in [0.15, 0.2) is 23.2 Å². The fourth-order valence-corrected chi connectivity index (χ4v) is 3.04. The molecule has 5 heteroatoms. The quantitative estimate of drug-likeness (QED) is 0.783. The third-order valence-electron chi connectivity index (χ3n) is 2.90. The number of benzene rings is 1. The summed E-state index contributed by atoms with van der Waals surface area (Å²) < 4.78 is 2.08. The number of nitrogens with two attached hydrogens (primary N) is 1. The number of anilines is 1. The number of nitrogen functional groups attached to an aromatic ring is 1. The first-order valence-electron chi connectivity index (χ1n) is 5.58. The minimum absolute atomic E-state index is 0.389. The summed E-state index contributed by atoms with van der Waals surface area (Å²) in [5, 5.41) is 1.04. The van der Waals surface area contributed by atoms with E-state index in [9.17, 15) is 0 Å². The number of nitrogens with zero attached hydrogens (tertiary/aromatic N) is 3. The summed E-state index contributed by atoms with van der Waals surface area (Å²) in [6, 6.07) is 6.20. The van der Waals surface area contributed by atoms with Crippen molar-refractivity contribution in [3.8, 4) is 0 Å². The van der Waals surface area contributed by atoms with Crippen molar-refractivity contribution in [2.24, 2.45) is 12.0 Å². The van der Waals surface area contributed by atoms with Crippen LogP contribution in [0, 0.1) is 0 Å². The monoisotopic (exact) mass is 246 g/mol. The number of aromatic nitrogens is 2. The second-order valence-corrected chi connectivity index (χ2v) is 5.35. The Morgan fingerprint density at radius 2 is 2.29 bits per heavy atom. The van der Waals surface area contributed by atoms with Crippen molar-refractivity contribution in [1.29, 1.82) is 0 Å². The van der Waals surface area contributed by atoms with E-state index in [4.69, 9.17) is 5.73 Å². The van der Waals surface area contributed by atoms with E-state index in [-0.39, 0.29) is 0 Å². The highest BCUT2D eigenvalue weighted by atomic mass is 32.2. The van der Waals surface area contributed by atoms with Crippen LogP contribution in [0.2, 0.25) is 0 Å². The summed E-state index contributed by atoms with van der Waals surface area (Å²) >= 11 is 1.77. The van der Waals surface area contributed by atoms with Gasteiger partial charge in [-0.1, -0.05) is 0 Å². The average molecular weight is 246 g/mol. The Hall–Kier alpha value is -1.49. The topological polar surface area (TPSA) is 56.2 Å². The summed E-state index contributed by atoms with van der Waals surface area (Å²) in [7, 11) is 2.02. The zero-order valence-electron chi connectivity index (χ0n) is 9.84. The van der Waals surface area contributed by atoms with Crippen molar-refractivity contribution >= 4 is 33.5 Å². The molecule has 17 heavy (non-hydrogen) atoms. The first kappa shape index (κ1) is 10.7. The number of aryl methyl sites for hydroxylation is 1. The van der Waals surface area contributed by atoms with Crippen LogP contribution in [0.5, 0.6) is 0 Å². The number of fused-ring (bicyclic) bond motifs is 1. The molecule has 1 aliphatic heterocycles. The average Bonchev–Trinajstić information content (AvgIpc) is 2.83. The minimum Gasteiger partial charge on any atom is -0.399 e. The maximum Gasteiger partial charge on any atom is 0.165 e. The molecular formula is C12H14N4S. The van der Waals surface area contributed by atoms with Crippen LogP contribution in [0.1, 0.15) is 12.7 Å². The van der Waals surface area contributed by atoms with E-state index in [1.54, 1.807) is 11.8 Å². The third kappa shape index (κ3) is 1.70. The molecule has 1 unspecified atom stereocenters. The SMILES string of the molecule is CC1CSC(c2nc3cc(N)ccc3n2C)=N1. The highest BCUT2D eigenvalue weighted by Crippen LogP contribution is 2.25. The summed E-state index contributed by atoms with van der Waals surface area (Å²) in [4.78, 5) is 9.22. The fourth-order valence-electron chi connectivity index (χ4n) is 2.00. The van der Waals surface area contributed by atoms with Gasteiger partial charge in [-0.05, 0) is 25.1 Å². The Morgan fingerprint density at radius 3 is 3.00 bits per heavy atom. The van der Waals surface area contributed by atoms with Crippen molar-refractivity contribution in [1.82, 2.24) is 9.55 Å². The Balaban J connectivity index is 2.18. The molecule has 0 amide bonds. The predicted octanol–water partition coefficient (Wildman–Crippen LogP) is 2.04. The number of thioether (sulfide) groups is 1. The number of aliphatic imine (C=N–C) groups is 1. The first-order chi connectivity index (χ1) is 8.15. The molecule has 2 heterocycles. The molecule has 0 saturated carbocycles. The largest absolute Gasteiger partial charge is 0.399 e. The van der Waals surface area contributed by atoms with Crippen LogP contribution in [0.25, 0.3) is 11.0 Å². The van der Waals surface area contributed by atoms with E-state index >= 15 is 0 Å². The number of hydrogen-bond donors (Lipinski definition) is 1. The van der Waals surface area contributed by atoms with Gasteiger partial charge >= 0.3 is 0 Å². The number of imidazole rings is 1. The Labute approximate surface area is 104 Å². The van der Waals surface area contributed by atoms with E-state index in [0.29, 0.717) is 6.04 Å². The van der Waals surface area contributed by atoms with Crippen LogP contribution >= 0.6 is 11.8 Å². The number of hydrogen-bond acceptors (Lipinski definition) is 4. The van der Waals surface area contributed by atoms with Gasteiger partial charge in [0.25, 0.3) is 0 Å². The van der Waals surface area contributed by atoms with Gasteiger partial charge in [0.15, 0.2) is 5.82 Å². The molecule has 1 aromatic heterocycles. The Kier molecular flexibility index (Phi) is 2.36. The maximum atomic E-state index is 5.77. The molecular weight excluding hydrogens is 232 g/mol. The summed E-state index contributed by atoms with van der Waals surface area (Å²) in [6.45, 7) is 2.13. The van der Waals surface area contributed by atoms with Gasteiger partial charge in [-0.3, -0.25) is 4.99 Å². The lowest BCUT2D eigenvalue weighted by Crippen LogP contribution is -2.03. The Bertz CT molecular complexity index is 614. The first-order valence-corrected chi connectivity index (χ1v) is 6.56. The molecule has 0 saturated heterocycles. The lowest BCUT2D eigenvalue weighted by Gasteiger charge is -2.00. The zero-order chi connectivity index (χ0) is 12.0. The van der Waals surface area contributed by atoms with Gasteiger partial charge in [0.1, 0.15) is 5.04 Å². The highest BCUT2D eigenvalue weighted by molar-refractivity contribution is 8.14. The molecule has 4 nitrogen and oxygen atoms in total. The van der Waals surface area contributed by atoms with Gasteiger partial charge in [-0.25, -0.2) is 4.98 Å². The summed E-state index contributed by atoms with van der Waals surface area (Å²) in [5.74, 6) is 1.99. The summed E-state index contributed by atoms with van der Waals surface area (Å²) in [6.07, 6.45) is 0. The van der Waals surface area contributed by atoms with Crippen molar-refractivity contribution in [2.45, 2.75) is 13.0 Å². The molecule has 1 aromatic carbocycles. The Morgan fingerprint density at radius 1 is 1.47 bits per heavy atom. The van der Waals surface area contributed by atoms with E-state index < -0.39 is 0 Å². The second-order valence-electron chi connectivity index (χ2n) is 4.34. The van der Waals surface area contributed by atoms with Crippen LogP contribution in [0.3, 0.4) is 0 Å². The lowest BCUT2D eigenvalue weighted by atomic mass is 10.3. The molecule has 0 radical (unpaired) electrons. The molecule has 0 spiro atoms. The summed E-state index contributed by atoms with van der Waals surface area (Å²) in [5.41, 5.74) is 8.55. The molecule has 2 N–H and O–H groups in total. The standard InChI is InChI=1S/C12H14N4S/c1-7-6-17-12(14-7)11-15-9-5-8(13)3-4-10(9)16(11)2/h3-5,7H,6,13H2,1-2H3. The van der Waals surface area contributed by atoms with Crippen molar-refractivity contribution in [3.63, 3.8) is 0 Å². The van der Waals surface area contributed by atoms with E-state index in [0.717, 1.165) is 33.3 Å². The lowest BCUT2D eigenvalue weighted by molar-refractivity contribution is 0.859. The smallest absolute Gasteiger partial charge is 0.165 e. The van der Waals surface area contributed by atoms with E-state index in [2.05, 4.69) is 21.5 Å². The zero-order valence-corrected chi connectivity index (χ0v) is 10.7. The van der Waals surface area contributed by atoms with Crippen LogP contribution < -0.4 is 5.73 Å². The van der Waals surface area contributed by atoms with Gasteiger partial charge in [0.2, 0.25) is 0 Å². The van der Waals surface area contributed by atoms with E-state index in [1.165, 1.54) is 0 Å². The van der Waals surface area contributed by atoms with Crippen molar-refractivity contribution in [3.05, 3.63) is 24.0 Å². The minimum atomic E-state index is 0.389. The van der Waals surface area contributed by atoms with Gasteiger partial charge < -0.3 is 10.3 Å². The predicted molar refractivity (Wildman–Crippen MR) is 73.6 cm³/mol. The van der Waals surface area contributed by atoms with Crippen LogP contribution in [-0.2, 0) is 7.05 Å². The second kappa shape index (κ2) is 3.77. The molecule has 1 atom stereocenters. The van der Waals surface area contributed by atoms with Gasteiger partial charge in [-0.15, -0.1) is 11.8 Å². The molecule has 1 aliphatic rings. The maximum absolute atomic E-state index is 5.77. The fraction of sp³-hybridized carbons (Fsp3) is 0.333. The molecule has 2 aromatic rings. The van der Waals surface area contributed by atoms with Gasteiger partial charge in [-0.2, -0.15) is 0 Å². The molecule has 88 valence electrons. The van der Waals surface area contributed by atoms with Crippen molar-refractivity contribution < 1.29 is 0 Å². The molecule has 0 fully saturated rings. The molecule has 0 aliphatic carbocycles. The molecule has 0 bridgehead atoms. The van der Waals surface area contributed by atoms with Crippen molar-refractivity contribution in [2.75, 3.05) is 11.5 Å². The highest BCUT2D eigenvalue weighted by Gasteiger charge is 2.20. The number of rotatable bonds is 1. The molecule has 3 rings (SSSR count). The van der Waals surface area contributed by atoms with E-state index in [1.807, 2.05) is 25.2 Å². The van der Waals surface area contributed by atoms with Crippen LogP contribution in [-0.4, -0.2) is 26.4 Å². The van der Waals surface area contributed by atoms with Crippen LogP contribution in [0.4, 0.5) is 5.69 Å².